The fourth-order valence-corrected chi connectivity index (χ4v) is 11.7. The number of aliphatic hydroxyl groups is 6. The van der Waals surface area contributed by atoms with Crippen molar-refractivity contribution in [2.24, 2.45) is 35.0 Å². The summed E-state index contributed by atoms with van der Waals surface area (Å²) in [4.78, 5) is 14.7. The van der Waals surface area contributed by atoms with E-state index in [9.17, 15) is 35.4 Å². The van der Waals surface area contributed by atoms with Gasteiger partial charge in [-0.25, -0.2) is 0 Å². The van der Waals surface area contributed by atoms with Gasteiger partial charge >= 0.3 is 5.97 Å². The highest BCUT2D eigenvalue weighted by Gasteiger charge is 2.88. The van der Waals surface area contributed by atoms with E-state index in [4.69, 9.17) is 9.47 Å². The van der Waals surface area contributed by atoms with Gasteiger partial charge in [-0.1, -0.05) is 27.7 Å². The topological polar surface area (TPSA) is 160 Å². The van der Waals surface area contributed by atoms with Crippen molar-refractivity contribution in [1.82, 2.24) is 4.90 Å². The highest BCUT2D eigenvalue weighted by Crippen LogP contribution is 2.78. The first-order valence-corrected chi connectivity index (χ1v) is 15.9. The minimum atomic E-state index is -2.06. The first-order chi connectivity index (χ1) is 18.9. The maximum Gasteiger partial charge on any atom is 0.308 e. The molecular formula is C31H49NO9. The molecule has 232 valence electrons. The Morgan fingerprint density at radius 1 is 0.927 bits per heavy atom. The van der Waals surface area contributed by atoms with E-state index >= 15 is 0 Å². The summed E-state index contributed by atoms with van der Waals surface area (Å²) in [5.74, 6) is -4.24. The standard InChI is InChI=1S/C31H49NO9/c1-16(2)24(34)40-23-10-11-25(4)18-7-8-19-27(36)12-22(33)30(38)20(28(27,37)15-29(19,25)41-31(18,23)39)14-32-13-17(3)6-9-21(32)26(30,5)35/h16-23,33,35-39H,6-15H2,1-5H3/t17-,18-,19-,20-,21-,22-,23-,25-,26+,27+,28+,29+,30-,31-/m0/s1. The molecule has 0 aromatic carbocycles. The van der Waals surface area contributed by atoms with E-state index in [2.05, 4.69) is 11.8 Å². The van der Waals surface area contributed by atoms with Gasteiger partial charge in [0.1, 0.15) is 22.4 Å². The molecule has 4 aliphatic carbocycles. The SMILES string of the molecule is CC(C)C(=O)O[C@H]1CC[C@@]2(C)[C@@H]3CC[C@H]4[C@]5(O)C[C@H](O)[C@@]6(O)[C@@H](CN7C[C@@H](C)CC[C@H]7[C@@]6(C)O)[C@]5(O)C[C@@]42O[C@]13O. The van der Waals surface area contributed by atoms with E-state index in [1.807, 2.05) is 6.92 Å². The number of esters is 1. The van der Waals surface area contributed by atoms with E-state index in [1.165, 1.54) is 0 Å². The number of carbonyl (C=O) groups excluding carboxylic acids is 1. The van der Waals surface area contributed by atoms with Crippen molar-refractivity contribution in [3.63, 3.8) is 0 Å². The van der Waals surface area contributed by atoms with E-state index in [1.54, 1.807) is 20.8 Å². The van der Waals surface area contributed by atoms with Crippen LogP contribution in [0.3, 0.4) is 0 Å². The van der Waals surface area contributed by atoms with Crippen molar-refractivity contribution in [3.8, 4) is 0 Å². The van der Waals surface area contributed by atoms with Crippen LogP contribution >= 0.6 is 0 Å². The van der Waals surface area contributed by atoms with E-state index in [0.29, 0.717) is 44.6 Å². The molecule has 0 radical (unpaired) electrons. The van der Waals surface area contributed by atoms with Gasteiger partial charge in [-0.3, -0.25) is 9.69 Å². The van der Waals surface area contributed by atoms with Crippen molar-refractivity contribution in [2.75, 3.05) is 13.1 Å². The molecule has 3 saturated heterocycles. The number of hydrogen-bond acceptors (Lipinski definition) is 10. The lowest BCUT2D eigenvalue weighted by Crippen LogP contribution is -2.85. The molecule has 3 heterocycles. The molecule has 14 atom stereocenters. The number of piperidine rings is 2. The monoisotopic (exact) mass is 579 g/mol. The van der Waals surface area contributed by atoms with Crippen molar-refractivity contribution in [2.45, 2.75) is 138 Å². The summed E-state index contributed by atoms with van der Waals surface area (Å²) < 4.78 is 12.6. The maximum absolute atomic E-state index is 12.9. The van der Waals surface area contributed by atoms with Gasteiger partial charge in [0, 0.05) is 55.1 Å². The van der Waals surface area contributed by atoms with Crippen LogP contribution in [0.25, 0.3) is 0 Å². The van der Waals surface area contributed by atoms with Crippen LogP contribution < -0.4 is 0 Å². The van der Waals surface area contributed by atoms with E-state index in [-0.39, 0.29) is 37.3 Å². The Morgan fingerprint density at radius 2 is 1.61 bits per heavy atom. The van der Waals surface area contributed by atoms with Crippen LogP contribution in [-0.2, 0) is 14.3 Å². The Balaban J connectivity index is 1.33. The lowest BCUT2D eigenvalue weighted by atomic mass is 9.49. The molecule has 10 heteroatoms. The summed E-state index contributed by atoms with van der Waals surface area (Å²) in [6.45, 7) is 10.2. The normalized spacial score (nSPS) is 61.1. The number of rotatable bonds is 2. The number of nitrogens with zero attached hydrogens (tertiary/aromatic N) is 1. The predicted octanol–water partition coefficient (Wildman–Crippen LogP) is 0.681. The fraction of sp³-hybridized carbons (Fsp3) is 0.968. The van der Waals surface area contributed by atoms with Crippen LogP contribution in [0.2, 0.25) is 0 Å². The molecule has 0 aromatic rings. The van der Waals surface area contributed by atoms with Gasteiger partial charge in [-0.2, -0.15) is 0 Å². The summed E-state index contributed by atoms with van der Waals surface area (Å²) in [5.41, 5.74) is -9.32. The third-order valence-electron chi connectivity index (χ3n) is 13.8. The lowest BCUT2D eigenvalue weighted by Gasteiger charge is -2.68. The average molecular weight is 580 g/mol. The zero-order chi connectivity index (χ0) is 29.8. The molecule has 41 heavy (non-hydrogen) atoms. The van der Waals surface area contributed by atoms with Crippen molar-refractivity contribution in [1.29, 1.82) is 0 Å². The third kappa shape index (κ3) is 3.05. The van der Waals surface area contributed by atoms with Crippen molar-refractivity contribution >= 4 is 5.97 Å². The Hall–Kier alpha value is -0.850. The molecule has 4 saturated carbocycles. The van der Waals surface area contributed by atoms with Gasteiger partial charge < -0.3 is 40.1 Å². The minimum absolute atomic E-state index is 0.0504. The van der Waals surface area contributed by atoms with E-state index < -0.39 is 69.2 Å². The predicted molar refractivity (Wildman–Crippen MR) is 145 cm³/mol. The molecule has 0 amide bonds. The van der Waals surface area contributed by atoms with Crippen molar-refractivity contribution in [3.05, 3.63) is 0 Å². The van der Waals surface area contributed by atoms with Gasteiger partial charge in [-0.15, -0.1) is 0 Å². The molecule has 0 aromatic heterocycles. The number of aliphatic hydroxyl groups excluding tert-OH is 1. The second-order valence-electron chi connectivity index (χ2n) is 15.9. The summed E-state index contributed by atoms with van der Waals surface area (Å²) in [7, 11) is 0. The molecule has 1 spiro atoms. The average Bonchev–Trinajstić information content (AvgIpc) is 3.05. The minimum Gasteiger partial charge on any atom is -0.456 e. The summed E-state index contributed by atoms with van der Waals surface area (Å²) in [5, 5.41) is 73.8. The van der Waals surface area contributed by atoms with Gasteiger partial charge in [0.15, 0.2) is 6.10 Å². The summed E-state index contributed by atoms with van der Waals surface area (Å²) in [6, 6.07) is -0.382. The zero-order valence-corrected chi connectivity index (χ0v) is 25.0. The molecule has 7 fully saturated rings. The Labute approximate surface area is 242 Å². The summed E-state index contributed by atoms with van der Waals surface area (Å²) >= 11 is 0. The van der Waals surface area contributed by atoms with Crippen LogP contribution in [0, 0.1) is 35.0 Å². The Kier molecular flexibility index (Phi) is 5.81. The molecule has 10 nitrogen and oxygen atoms in total. The molecular weight excluding hydrogens is 530 g/mol. The molecule has 6 N–H and O–H groups in total. The summed E-state index contributed by atoms with van der Waals surface area (Å²) in [6.07, 6.45) is 0.769. The quantitative estimate of drug-likeness (QED) is 0.257. The molecule has 0 unspecified atom stereocenters. The molecule has 7 rings (SSSR count). The second kappa shape index (κ2) is 8.24. The fourth-order valence-electron chi connectivity index (χ4n) is 11.7. The highest BCUT2D eigenvalue weighted by atomic mass is 16.7. The Bertz CT molecular complexity index is 1150. The smallest absolute Gasteiger partial charge is 0.308 e. The van der Waals surface area contributed by atoms with Crippen LogP contribution in [0.4, 0.5) is 0 Å². The first-order valence-electron chi connectivity index (χ1n) is 15.9. The zero-order valence-electron chi connectivity index (χ0n) is 25.0. The highest BCUT2D eigenvalue weighted by molar-refractivity contribution is 5.71. The molecule has 4 bridgehead atoms. The maximum atomic E-state index is 12.9. The van der Waals surface area contributed by atoms with Crippen LogP contribution in [0.15, 0.2) is 0 Å². The van der Waals surface area contributed by atoms with Crippen LogP contribution in [0.1, 0.15) is 86.0 Å². The largest absolute Gasteiger partial charge is 0.456 e. The lowest BCUT2D eigenvalue weighted by molar-refractivity contribution is -0.354. The third-order valence-corrected chi connectivity index (χ3v) is 13.8. The number of ether oxygens (including phenoxy) is 2. The molecule has 7 aliphatic rings. The van der Waals surface area contributed by atoms with Gasteiger partial charge in [0.2, 0.25) is 5.79 Å². The van der Waals surface area contributed by atoms with E-state index in [0.717, 1.165) is 6.42 Å². The van der Waals surface area contributed by atoms with Crippen molar-refractivity contribution < 1.29 is 44.9 Å². The first kappa shape index (κ1) is 28.9. The number of carbonyl (C=O) groups is 1. The number of fused-ring (bicyclic) bond motifs is 5. The number of hydrogen-bond donors (Lipinski definition) is 6. The molecule has 3 aliphatic heterocycles. The van der Waals surface area contributed by atoms with Crippen LogP contribution in [0.5, 0.6) is 0 Å². The Morgan fingerprint density at radius 3 is 2.29 bits per heavy atom. The second-order valence-corrected chi connectivity index (χ2v) is 15.9. The van der Waals surface area contributed by atoms with Gasteiger partial charge in [0.25, 0.3) is 0 Å². The van der Waals surface area contributed by atoms with Crippen LogP contribution in [-0.4, -0.2) is 107 Å². The van der Waals surface area contributed by atoms with Gasteiger partial charge in [-0.05, 0) is 51.4 Å². The van der Waals surface area contributed by atoms with Gasteiger partial charge in [0.05, 0.1) is 17.6 Å².